The lowest BCUT2D eigenvalue weighted by molar-refractivity contribution is -0.134. The van der Waals surface area contributed by atoms with Crippen LogP contribution >= 0.6 is 0 Å². The summed E-state index contributed by atoms with van der Waals surface area (Å²) in [5.41, 5.74) is 0.361. The summed E-state index contributed by atoms with van der Waals surface area (Å²) in [6, 6.07) is 4.75. The van der Waals surface area contributed by atoms with Gasteiger partial charge in [-0.2, -0.15) is 0 Å². The van der Waals surface area contributed by atoms with Gasteiger partial charge in [-0.1, -0.05) is 0 Å². The zero-order valence-electron chi connectivity index (χ0n) is 9.51. The topological polar surface area (TPSA) is 61.8 Å². The third kappa shape index (κ3) is 3.64. The minimum atomic E-state index is -0.541. The van der Waals surface area contributed by atoms with E-state index in [1.807, 2.05) is 0 Å². The van der Waals surface area contributed by atoms with Crippen LogP contribution in [0, 0.1) is 0 Å². The smallest absolute Gasteiger partial charge is 0.333 e. The van der Waals surface area contributed by atoms with E-state index in [-0.39, 0.29) is 0 Å². The van der Waals surface area contributed by atoms with Gasteiger partial charge in [0.1, 0.15) is 11.5 Å². The van der Waals surface area contributed by atoms with Crippen molar-refractivity contribution in [2.45, 2.75) is 0 Å². The fourth-order valence-corrected chi connectivity index (χ4v) is 1.07. The molecule has 0 saturated heterocycles. The van der Waals surface area contributed by atoms with Crippen molar-refractivity contribution >= 4 is 12.3 Å². The molecular weight excluding hydrogens is 224 g/mol. The second-order valence-electron chi connectivity index (χ2n) is 2.97. The van der Waals surface area contributed by atoms with E-state index < -0.39 is 5.97 Å². The largest absolute Gasteiger partial charge is 0.497 e. The molecule has 90 valence electrons. The van der Waals surface area contributed by atoms with Crippen LogP contribution in [0.15, 0.2) is 30.5 Å². The van der Waals surface area contributed by atoms with Crippen molar-refractivity contribution in [3.63, 3.8) is 0 Å². The van der Waals surface area contributed by atoms with Crippen molar-refractivity contribution in [3.8, 4) is 11.5 Å². The number of hydrogen-bond donors (Lipinski definition) is 0. The molecule has 0 heterocycles. The van der Waals surface area contributed by atoms with Crippen molar-refractivity contribution < 1.29 is 23.8 Å². The van der Waals surface area contributed by atoms with E-state index in [4.69, 9.17) is 9.47 Å². The number of hydrogen-bond acceptors (Lipinski definition) is 5. The van der Waals surface area contributed by atoms with Crippen LogP contribution in [0.1, 0.15) is 10.4 Å². The number of rotatable bonds is 5. The third-order valence-electron chi connectivity index (χ3n) is 1.95. The summed E-state index contributed by atoms with van der Waals surface area (Å²) in [6.45, 7) is 0. The summed E-state index contributed by atoms with van der Waals surface area (Å²) >= 11 is 0. The van der Waals surface area contributed by atoms with Gasteiger partial charge in [-0.25, -0.2) is 4.79 Å². The van der Waals surface area contributed by atoms with Gasteiger partial charge in [-0.05, 0) is 12.1 Å². The van der Waals surface area contributed by atoms with Crippen LogP contribution in [0.2, 0.25) is 0 Å². The molecule has 0 radical (unpaired) electrons. The van der Waals surface area contributed by atoms with Gasteiger partial charge in [0.05, 0.1) is 32.1 Å². The van der Waals surface area contributed by atoms with Gasteiger partial charge < -0.3 is 14.2 Å². The maximum absolute atomic E-state index is 10.8. The summed E-state index contributed by atoms with van der Waals surface area (Å²) < 4.78 is 14.5. The Morgan fingerprint density at radius 1 is 1.29 bits per heavy atom. The van der Waals surface area contributed by atoms with Gasteiger partial charge in [0.25, 0.3) is 0 Å². The van der Waals surface area contributed by atoms with Crippen molar-refractivity contribution in [2.24, 2.45) is 0 Å². The number of methoxy groups -OCH3 is 2. The van der Waals surface area contributed by atoms with Crippen molar-refractivity contribution in [3.05, 3.63) is 36.1 Å². The van der Waals surface area contributed by atoms with Gasteiger partial charge >= 0.3 is 5.97 Å². The maximum atomic E-state index is 10.8. The Kier molecular flexibility index (Phi) is 4.75. The van der Waals surface area contributed by atoms with E-state index in [9.17, 15) is 9.59 Å². The maximum Gasteiger partial charge on any atom is 0.333 e. The lowest BCUT2D eigenvalue weighted by Crippen LogP contribution is -1.96. The lowest BCUT2D eigenvalue weighted by atomic mass is 10.2. The van der Waals surface area contributed by atoms with E-state index in [2.05, 4.69) is 4.74 Å². The molecule has 1 aromatic carbocycles. The standard InChI is InChI=1S/C12H12O5/c1-15-10-4-3-9(8-13)11(7-10)17-6-5-12(14)16-2/h3-8H,1-2H3/b6-5+. The number of carbonyl (C=O) groups excluding carboxylic acids is 2. The molecule has 0 fully saturated rings. The van der Waals surface area contributed by atoms with Crippen LogP contribution in [0.3, 0.4) is 0 Å². The molecule has 0 unspecified atom stereocenters. The van der Waals surface area contributed by atoms with E-state index in [1.165, 1.54) is 14.2 Å². The summed E-state index contributed by atoms with van der Waals surface area (Å²) in [5, 5.41) is 0. The highest BCUT2D eigenvalue weighted by atomic mass is 16.5. The molecule has 0 aromatic heterocycles. The lowest BCUT2D eigenvalue weighted by Gasteiger charge is -2.06. The Labute approximate surface area is 98.6 Å². The number of ether oxygens (including phenoxy) is 3. The SMILES string of the molecule is COC(=O)/C=C/Oc1cc(OC)ccc1C=O. The first kappa shape index (κ1) is 12.8. The molecule has 0 amide bonds. The van der Waals surface area contributed by atoms with Crippen molar-refractivity contribution in [2.75, 3.05) is 14.2 Å². The molecule has 0 bridgehead atoms. The molecule has 1 rings (SSSR count). The average Bonchev–Trinajstić information content (AvgIpc) is 2.38. The Balaban J connectivity index is 2.84. The molecule has 17 heavy (non-hydrogen) atoms. The molecule has 5 heteroatoms. The van der Waals surface area contributed by atoms with Crippen LogP contribution in [-0.2, 0) is 9.53 Å². The minimum absolute atomic E-state index is 0.305. The summed E-state index contributed by atoms with van der Waals surface area (Å²) in [5.74, 6) is 0.317. The molecule has 0 spiro atoms. The fraction of sp³-hybridized carbons (Fsp3) is 0.167. The molecule has 5 nitrogen and oxygen atoms in total. The Morgan fingerprint density at radius 3 is 2.65 bits per heavy atom. The highest BCUT2D eigenvalue weighted by molar-refractivity contribution is 5.82. The first-order chi connectivity index (χ1) is 8.21. The summed E-state index contributed by atoms with van der Waals surface area (Å²) in [4.78, 5) is 21.5. The van der Waals surface area contributed by atoms with Gasteiger partial charge in [0.2, 0.25) is 0 Å². The molecule has 0 aliphatic rings. The van der Waals surface area contributed by atoms with Gasteiger partial charge in [0, 0.05) is 6.07 Å². The zero-order valence-corrected chi connectivity index (χ0v) is 9.51. The molecule has 0 aliphatic carbocycles. The quantitative estimate of drug-likeness (QED) is 0.336. The molecule has 1 aromatic rings. The van der Waals surface area contributed by atoms with Crippen LogP contribution in [-0.4, -0.2) is 26.5 Å². The summed E-state index contributed by atoms with van der Waals surface area (Å²) in [7, 11) is 2.76. The van der Waals surface area contributed by atoms with Crippen LogP contribution in [0.5, 0.6) is 11.5 Å². The fourth-order valence-electron chi connectivity index (χ4n) is 1.07. The Hall–Kier alpha value is -2.30. The van der Waals surface area contributed by atoms with Gasteiger partial charge in [0.15, 0.2) is 6.29 Å². The predicted octanol–water partition coefficient (Wildman–Crippen LogP) is 1.57. The normalized spacial score (nSPS) is 10.0. The van der Waals surface area contributed by atoms with Crippen LogP contribution < -0.4 is 9.47 Å². The molecule has 0 N–H and O–H groups in total. The molecular formula is C12H12O5. The molecule has 0 saturated carbocycles. The highest BCUT2D eigenvalue weighted by Crippen LogP contribution is 2.23. The number of carbonyl (C=O) groups is 2. The number of benzene rings is 1. The first-order valence-electron chi connectivity index (χ1n) is 4.75. The van der Waals surface area contributed by atoms with Gasteiger partial charge in [-0.15, -0.1) is 0 Å². The summed E-state index contributed by atoms with van der Waals surface area (Å²) in [6.07, 6.45) is 2.91. The highest BCUT2D eigenvalue weighted by Gasteiger charge is 2.04. The second-order valence-corrected chi connectivity index (χ2v) is 2.97. The predicted molar refractivity (Wildman–Crippen MR) is 60.2 cm³/mol. The molecule has 0 atom stereocenters. The second kappa shape index (κ2) is 6.32. The first-order valence-corrected chi connectivity index (χ1v) is 4.75. The van der Waals surface area contributed by atoms with Crippen molar-refractivity contribution in [1.29, 1.82) is 0 Å². The minimum Gasteiger partial charge on any atom is -0.497 e. The average molecular weight is 236 g/mol. The van der Waals surface area contributed by atoms with Gasteiger partial charge in [-0.3, -0.25) is 4.79 Å². The third-order valence-corrected chi connectivity index (χ3v) is 1.95. The van der Waals surface area contributed by atoms with Crippen LogP contribution in [0.25, 0.3) is 0 Å². The molecule has 0 aliphatic heterocycles. The van der Waals surface area contributed by atoms with E-state index in [0.717, 1.165) is 12.3 Å². The zero-order chi connectivity index (χ0) is 12.7. The van der Waals surface area contributed by atoms with E-state index in [1.54, 1.807) is 18.2 Å². The Bertz CT molecular complexity index is 437. The van der Waals surface area contributed by atoms with E-state index >= 15 is 0 Å². The number of aldehydes is 1. The van der Waals surface area contributed by atoms with Crippen LogP contribution in [0.4, 0.5) is 0 Å². The monoisotopic (exact) mass is 236 g/mol. The van der Waals surface area contributed by atoms with E-state index in [0.29, 0.717) is 23.3 Å². The van der Waals surface area contributed by atoms with Crippen molar-refractivity contribution in [1.82, 2.24) is 0 Å². The number of esters is 1. The Morgan fingerprint density at radius 2 is 2.06 bits per heavy atom.